The highest BCUT2D eigenvalue weighted by Crippen LogP contribution is 2.37. The lowest BCUT2D eigenvalue weighted by atomic mass is 10.1. The molecule has 4 rings (SSSR count). The van der Waals surface area contributed by atoms with E-state index in [1.165, 1.54) is 0 Å². The Balaban J connectivity index is 1.55. The van der Waals surface area contributed by atoms with Crippen LogP contribution in [0, 0.1) is 0 Å². The highest BCUT2D eigenvalue weighted by molar-refractivity contribution is 5.96. The van der Waals surface area contributed by atoms with Crippen molar-refractivity contribution in [3.8, 4) is 34.5 Å². The Kier molecular flexibility index (Phi) is 5.66. The van der Waals surface area contributed by atoms with Crippen molar-refractivity contribution in [3.05, 3.63) is 42.2 Å². The zero-order chi connectivity index (χ0) is 22.0. The van der Waals surface area contributed by atoms with Crippen LogP contribution in [-0.2, 0) is 4.79 Å². The first-order chi connectivity index (χ1) is 15.1. The van der Waals surface area contributed by atoms with E-state index in [0.29, 0.717) is 53.2 Å². The average Bonchev–Trinajstić information content (AvgIpc) is 3.45. The SMILES string of the molecule is COc1ccc(-c2nc(C3CC(=O)N(c4ccc(OC)c(OC)c4)C3)no2)cc1OC. The summed E-state index contributed by atoms with van der Waals surface area (Å²) in [5, 5.41) is 4.11. The van der Waals surface area contributed by atoms with E-state index in [1.807, 2.05) is 12.1 Å². The summed E-state index contributed by atoms with van der Waals surface area (Å²) in [6, 6.07) is 10.7. The molecule has 2 heterocycles. The van der Waals surface area contributed by atoms with Gasteiger partial charge in [-0.15, -0.1) is 0 Å². The molecule has 1 aliphatic heterocycles. The molecule has 0 bridgehead atoms. The highest BCUT2D eigenvalue weighted by Gasteiger charge is 2.35. The van der Waals surface area contributed by atoms with Crippen molar-refractivity contribution in [3.63, 3.8) is 0 Å². The molecule has 162 valence electrons. The van der Waals surface area contributed by atoms with Crippen molar-refractivity contribution < 1.29 is 28.3 Å². The van der Waals surface area contributed by atoms with Gasteiger partial charge in [0.25, 0.3) is 5.89 Å². The zero-order valence-electron chi connectivity index (χ0n) is 17.7. The summed E-state index contributed by atoms with van der Waals surface area (Å²) in [5.41, 5.74) is 1.44. The third-order valence-corrected chi connectivity index (χ3v) is 5.24. The van der Waals surface area contributed by atoms with Crippen molar-refractivity contribution >= 4 is 11.6 Å². The van der Waals surface area contributed by atoms with Gasteiger partial charge in [-0.05, 0) is 30.3 Å². The first-order valence-corrected chi connectivity index (χ1v) is 9.66. The molecule has 1 aromatic heterocycles. The molecule has 9 heteroatoms. The van der Waals surface area contributed by atoms with Gasteiger partial charge in [0.1, 0.15) is 0 Å². The molecule has 0 saturated carbocycles. The lowest BCUT2D eigenvalue weighted by Crippen LogP contribution is -2.24. The first-order valence-electron chi connectivity index (χ1n) is 9.66. The van der Waals surface area contributed by atoms with Crippen LogP contribution in [0.25, 0.3) is 11.5 Å². The van der Waals surface area contributed by atoms with Gasteiger partial charge in [-0.1, -0.05) is 5.16 Å². The van der Waals surface area contributed by atoms with Crippen molar-refractivity contribution in [1.29, 1.82) is 0 Å². The Hall–Kier alpha value is -3.75. The summed E-state index contributed by atoms with van der Waals surface area (Å²) in [6.45, 7) is 0.444. The highest BCUT2D eigenvalue weighted by atomic mass is 16.5. The quantitative estimate of drug-likeness (QED) is 0.569. The van der Waals surface area contributed by atoms with E-state index in [0.717, 1.165) is 5.69 Å². The number of nitrogens with zero attached hydrogens (tertiary/aromatic N) is 3. The number of carbonyl (C=O) groups is 1. The van der Waals surface area contributed by atoms with E-state index >= 15 is 0 Å². The van der Waals surface area contributed by atoms with Crippen LogP contribution in [0.3, 0.4) is 0 Å². The minimum atomic E-state index is -0.182. The second-order valence-corrected chi connectivity index (χ2v) is 6.97. The van der Waals surface area contributed by atoms with E-state index in [1.54, 1.807) is 57.6 Å². The van der Waals surface area contributed by atoms with Gasteiger partial charge in [0.05, 0.1) is 28.4 Å². The van der Waals surface area contributed by atoms with Crippen LogP contribution in [-0.4, -0.2) is 51.0 Å². The summed E-state index contributed by atoms with van der Waals surface area (Å²) >= 11 is 0. The Morgan fingerprint density at radius 3 is 2.23 bits per heavy atom. The van der Waals surface area contributed by atoms with Crippen LogP contribution in [0.5, 0.6) is 23.0 Å². The second kappa shape index (κ2) is 8.55. The first kappa shape index (κ1) is 20.5. The van der Waals surface area contributed by atoms with E-state index < -0.39 is 0 Å². The second-order valence-electron chi connectivity index (χ2n) is 6.97. The van der Waals surface area contributed by atoms with Gasteiger partial charge in [-0.25, -0.2) is 0 Å². The number of carbonyl (C=O) groups excluding carboxylic acids is 1. The maximum Gasteiger partial charge on any atom is 0.258 e. The van der Waals surface area contributed by atoms with Crippen molar-refractivity contribution in [2.24, 2.45) is 0 Å². The van der Waals surface area contributed by atoms with Crippen LogP contribution in [0.2, 0.25) is 0 Å². The molecule has 2 aromatic carbocycles. The monoisotopic (exact) mass is 425 g/mol. The lowest BCUT2D eigenvalue weighted by Gasteiger charge is -2.18. The fraction of sp³-hybridized carbons (Fsp3) is 0.318. The van der Waals surface area contributed by atoms with Gasteiger partial charge in [0, 0.05) is 36.2 Å². The normalized spacial score (nSPS) is 15.8. The van der Waals surface area contributed by atoms with Crippen LogP contribution in [0.4, 0.5) is 5.69 Å². The summed E-state index contributed by atoms with van der Waals surface area (Å²) in [4.78, 5) is 18.9. The molecule has 3 aromatic rings. The largest absolute Gasteiger partial charge is 0.493 e. The molecule has 9 nitrogen and oxygen atoms in total. The van der Waals surface area contributed by atoms with Crippen LogP contribution in [0.15, 0.2) is 40.9 Å². The number of methoxy groups -OCH3 is 4. The van der Waals surface area contributed by atoms with Crippen LogP contribution in [0.1, 0.15) is 18.2 Å². The molecule has 0 N–H and O–H groups in total. The number of benzene rings is 2. The molecule has 1 atom stereocenters. The molecule has 1 aliphatic rings. The Labute approximate surface area is 179 Å². The number of hydrogen-bond acceptors (Lipinski definition) is 8. The summed E-state index contributed by atoms with van der Waals surface area (Å²) in [7, 11) is 6.27. The van der Waals surface area contributed by atoms with Gasteiger partial charge in [0.2, 0.25) is 5.91 Å². The molecule has 0 spiro atoms. The zero-order valence-corrected chi connectivity index (χ0v) is 17.7. The Morgan fingerprint density at radius 2 is 1.55 bits per heavy atom. The maximum absolute atomic E-state index is 12.7. The van der Waals surface area contributed by atoms with Crippen molar-refractivity contribution in [2.45, 2.75) is 12.3 Å². The van der Waals surface area contributed by atoms with Gasteiger partial charge in [-0.3, -0.25) is 4.79 Å². The fourth-order valence-corrected chi connectivity index (χ4v) is 3.61. The van der Waals surface area contributed by atoms with E-state index in [2.05, 4.69) is 10.1 Å². The van der Waals surface area contributed by atoms with E-state index in [9.17, 15) is 4.79 Å². The third kappa shape index (κ3) is 3.86. The predicted molar refractivity (Wildman–Crippen MR) is 112 cm³/mol. The predicted octanol–water partition coefficient (Wildman–Crippen LogP) is 3.29. The number of anilines is 1. The van der Waals surface area contributed by atoms with Gasteiger partial charge in [-0.2, -0.15) is 4.98 Å². The van der Waals surface area contributed by atoms with E-state index in [-0.39, 0.29) is 11.8 Å². The van der Waals surface area contributed by atoms with Crippen molar-refractivity contribution in [1.82, 2.24) is 10.1 Å². The van der Waals surface area contributed by atoms with Gasteiger partial charge < -0.3 is 28.4 Å². The standard InChI is InChI=1S/C22H23N3O6/c1-27-16-7-5-13(9-18(16)29-3)22-23-21(24-31-22)14-10-20(26)25(12-14)15-6-8-17(28-2)19(11-15)30-4/h5-9,11,14H,10,12H2,1-4H3. The number of hydrogen-bond donors (Lipinski definition) is 0. The van der Waals surface area contributed by atoms with Gasteiger partial charge >= 0.3 is 0 Å². The molecule has 31 heavy (non-hydrogen) atoms. The topological polar surface area (TPSA) is 96.2 Å². The minimum absolute atomic E-state index is 0.0188. The Morgan fingerprint density at radius 1 is 0.903 bits per heavy atom. The number of aromatic nitrogens is 2. The molecular weight excluding hydrogens is 402 g/mol. The number of amides is 1. The molecule has 1 unspecified atom stereocenters. The maximum atomic E-state index is 12.7. The average molecular weight is 425 g/mol. The minimum Gasteiger partial charge on any atom is -0.493 e. The molecular formula is C22H23N3O6. The Bertz CT molecular complexity index is 1100. The number of rotatable bonds is 7. The summed E-state index contributed by atoms with van der Waals surface area (Å²) < 4.78 is 26.7. The molecule has 0 radical (unpaired) electrons. The molecule has 1 amide bonds. The van der Waals surface area contributed by atoms with E-state index in [4.69, 9.17) is 23.5 Å². The molecule has 1 saturated heterocycles. The number of ether oxygens (including phenoxy) is 4. The van der Waals surface area contributed by atoms with Gasteiger partial charge in [0.15, 0.2) is 28.8 Å². The smallest absolute Gasteiger partial charge is 0.258 e. The van der Waals surface area contributed by atoms with Crippen LogP contribution < -0.4 is 23.8 Å². The van der Waals surface area contributed by atoms with Crippen LogP contribution >= 0.6 is 0 Å². The molecule has 1 fully saturated rings. The molecule has 0 aliphatic carbocycles. The van der Waals surface area contributed by atoms with Crippen molar-refractivity contribution in [2.75, 3.05) is 39.9 Å². The third-order valence-electron chi connectivity index (χ3n) is 5.24. The lowest BCUT2D eigenvalue weighted by molar-refractivity contribution is -0.117. The summed E-state index contributed by atoms with van der Waals surface area (Å²) in [5.74, 6) is 2.98. The summed E-state index contributed by atoms with van der Waals surface area (Å²) in [6.07, 6.45) is 0.291. The fourth-order valence-electron chi connectivity index (χ4n) is 3.61.